The van der Waals surface area contributed by atoms with Crippen molar-refractivity contribution in [3.8, 4) is 0 Å². The zero-order chi connectivity index (χ0) is 12.3. The van der Waals surface area contributed by atoms with E-state index in [0.717, 1.165) is 4.31 Å². The molecule has 0 aromatic heterocycles. The second-order valence-electron chi connectivity index (χ2n) is 3.64. The Kier molecular flexibility index (Phi) is 3.87. The smallest absolute Gasteiger partial charge is 0.322 e. The number of carboxylic acid groups (broad SMARTS) is 1. The number of aliphatic carboxylic acids is 1. The third kappa shape index (κ3) is 2.92. The van der Waals surface area contributed by atoms with Crippen LogP contribution in [0.4, 0.5) is 0 Å². The number of nitrogens with zero attached hydrogens (tertiary/aromatic N) is 1. The molecule has 8 heteroatoms. The third-order valence-corrected chi connectivity index (χ3v) is 4.39. The lowest BCUT2D eigenvalue weighted by molar-refractivity contribution is -0.141. The minimum Gasteiger partial charge on any atom is -0.480 e. The van der Waals surface area contributed by atoms with E-state index in [2.05, 4.69) is 0 Å². The molecule has 0 aliphatic carbocycles. The molecule has 0 bridgehead atoms. The Morgan fingerprint density at radius 1 is 1.44 bits per heavy atom. The second kappa shape index (κ2) is 4.79. The van der Waals surface area contributed by atoms with Gasteiger partial charge < -0.3 is 10.8 Å². The van der Waals surface area contributed by atoms with Crippen LogP contribution in [0.5, 0.6) is 0 Å². The van der Waals surface area contributed by atoms with Crippen LogP contribution in [0.3, 0.4) is 0 Å². The van der Waals surface area contributed by atoms with Crippen LogP contribution in [0.25, 0.3) is 0 Å². The molecule has 1 saturated heterocycles. The van der Waals surface area contributed by atoms with Gasteiger partial charge in [0.05, 0.1) is 5.75 Å². The van der Waals surface area contributed by atoms with Crippen LogP contribution < -0.4 is 5.73 Å². The van der Waals surface area contributed by atoms with Crippen molar-refractivity contribution < 1.29 is 23.1 Å². The molecule has 7 nitrogen and oxygen atoms in total. The quantitative estimate of drug-likeness (QED) is 0.631. The fourth-order valence-electron chi connectivity index (χ4n) is 1.68. The van der Waals surface area contributed by atoms with Gasteiger partial charge in [-0.05, 0) is 12.8 Å². The van der Waals surface area contributed by atoms with Crippen molar-refractivity contribution in [3.05, 3.63) is 0 Å². The Morgan fingerprint density at radius 2 is 2.06 bits per heavy atom. The molecule has 0 saturated carbocycles. The molecule has 16 heavy (non-hydrogen) atoms. The van der Waals surface area contributed by atoms with Crippen LogP contribution in [0.15, 0.2) is 0 Å². The van der Waals surface area contributed by atoms with Gasteiger partial charge in [0.25, 0.3) is 0 Å². The molecule has 1 aliphatic heterocycles. The zero-order valence-electron chi connectivity index (χ0n) is 8.63. The summed E-state index contributed by atoms with van der Waals surface area (Å²) in [4.78, 5) is 21.5. The molecule has 1 aliphatic rings. The molecule has 1 unspecified atom stereocenters. The predicted molar refractivity (Wildman–Crippen MR) is 55.0 cm³/mol. The molecule has 0 radical (unpaired) electrons. The molecular formula is C8H14N2O5S. The van der Waals surface area contributed by atoms with Crippen molar-refractivity contribution in [2.75, 3.05) is 12.3 Å². The van der Waals surface area contributed by atoms with E-state index in [4.69, 9.17) is 10.8 Å². The van der Waals surface area contributed by atoms with Crippen molar-refractivity contribution in [2.24, 2.45) is 5.73 Å². The number of hydrogen-bond acceptors (Lipinski definition) is 4. The van der Waals surface area contributed by atoms with Crippen LogP contribution >= 0.6 is 0 Å². The summed E-state index contributed by atoms with van der Waals surface area (Å²) in [5, 5.41) is 8.92. The Balaban J connectivity index is 2.78. The highest BCUT2D eigenvalue weighted by Crippen LogP contribution is 2.20. The number of carbonyl (C=O) groups excluding carboxylic acids is 1. The van der Waals surface area contributed by atoms with Gasteiger partial charge in [0.15, 0.2) is 0 Å². The molecule has 92 valence electrons. The highest BCUT2D eigenvalue weighted by Gasteiger charge is 2.38. The number of carbonyl (C=O) groups is 2. The van der Waals surface area contributed by atoms with Gasteiger partial charge in [-0.25, -0.2) is 8.42 Å². The van der Waals surface area contributed by atoms with E-state index in [1.807, 2.05) is 0 Å². The number of nitrogens with two attached hydrogens (primary N) is 1. The van der Waals surface area contributed by atoms with Crippen LogP contribution in [-0.4, -0.2) is 48.0 Å². The number of rotatable bonds is 5. The molecule has 0 aromatic rings. The number of sulfonamides is 1. The van der Waals surface area contributed by atoms with Crippen LogP contribution in [0, 0.1) is 0 Å². The second-order valence-corrected chi connectivity index (χ2v) is 5.68. The lowest BCUT2D eigenvalue weighted by Gasteiger charge is -2.21. The van der Waals surface area contributed by atoms with E-state index < -0.39 is 27.9 Å². The standard InChI is InChI=1S/C8H14N2O5S/c9-7(11)3-2-6(8(12)13)10-4-1-5-16(10,14)15/h6H,1-5H2,(H2,9,11)(H,12,13). The van der Waals surface area contributed by atoms with E-state index in [9.17, 15) is 18.0 Å². The molecule has 0 spiro atoms. The maximum absolute atomic E-state index is 11.5. The van der Waals surface area contributed by atoms with Crippen molar-refractivity contribution in [1.29, 1.82) is 0 Å². The summed E-state index contributed by atoms with van der Waals surface area (Å²) in [6.07, 6.45) is 0.204. The molecular weight excluding hydrogens is 236 g/mol. The highest BCUT2D eigenvalue weighted by molar-refractivity contribution is 7.89. The maximum Gasteiger partial charge on any atom is 0.322 e. The fourth-order valence-corrected chi connectivity index (χ4v) is 3.40. The Hall–Kier alpha value is -1.15. The van der Waals surface area contributed by atoms with E-state index in [1.165, 1.54) is 0 Å². The molecule has 1 heterocycles. The summed E-state index contributed by atoms with van der Waals surface area (Å²) in [5.41, 5.74) is 4.91. The maximum atomic E-state index is 11.5. The van der Waals surface area contributed by atoms with Gasteiger partial charge in [-0.2, -0.15) is 4.31 Å². The molecule has 1 fully saturated rings. The van der Waals surface area contributed by atoms with E-state index in [0.29, 0.717) is 6.42 Å². The van der Waals surface area contributed by atoms with Gasteiger partial charge in [0.1, 0.15) is 6.04 Å². The van der Waals surface area contributed by atoms with Crippen molar-refractivity contribution in [1.82, 2.24) is 4.31 Å². The topological polar surface area (TPSA) is 118 Å². The summed E-state index contributed by atoms with van der Waals surface area (Å²) < 4.78 is 23.9. The molecule has 1 amide bonds. The largest absolute Gasteiger partial charge is 0.480 e. The fraction of sp³-hybridized carbons (Fsp3) is 0.750. The molecule has 1 rings (SSSR count). The van der Waals surface area contributed by atoms with Crippen LogP contribution in [0.2, 0.25) is 0 Å². The Bertz CT molecular complexity index is 391. The van der Waals surface area contributed by atoms with Gasteiger partial charge >= 0.3 is 5.97 Å². The summed E-state index contributed by atoms with van der Waals surface area (Å²) in [6, 6.07) is -1.18. The number of amides is 1. The molecule has 1 atom stereocenters. The minimum atomic E-state index is -3.48. The summed E-state index contributed by atoms with van der Waals surface area (Å²) >= 11 is 0. The lowest BCUT2D eigenvalue weighted by atomic mass is 10.1. The van der Waals surface area contributed by atoms with E-state index >= 15 is 0 Å². The average Bonchev–Trinajstić information content (AvgIpc) is 2.45. The highest BCUT2D eigenvalue weighted by atomic mass is 32.2. The molecule has 3 N–H and O–H groups in total. The van der Waals surface area contributed by atoms with Gasteiger partial charge in [-0.15, -0.1) is 0 Å². The van der Waals surface area contributed by atoms with E-state index in [-0.39, 0.29) is 25.1 Å². The van der Waals surface area contributed by atoms with Crippen molar-refractivity contribution in [3.63, 3.8) is 0 Å². The predicted octanol–water partition coefficient (Wildman–Crippen LogP) is -1.26. The van der Waals surface area contributed by atoms with Gasteiger partial charge in [-0.3, -0.25) is 9.59 Å². The number of carboxylic acids is 1. The first-order valence-corrected chi connectivity index (χ1v) is 6.46. The normalized spacial score (nSPS) is 21.8. The monoisotopic (exact) mass is 250 g/mol. The number of hydrogen-bond donors (Lipinski definition) is 2. The summed E-state index contributed by atoms with van der Waals surface area (Å²) in [5.74, 6) is -1.91. The van der Waals surface area contributed by atoms with Crippen molar-refractivity contribution in [2.45, 2.75) is 25.3 Å². The molecule has 0 aromatic carbocycles. The first-order valence-electron chi connectivity index (χ1n) is 4.85. The van der Waals surface area contributed by atoms with Gasteiger partial charge in [-0.1, -0.05) is 0 Å². The Labute approximate surface area is 93.3 Å². The zero-order valence-corrected chi connectivity index (χ0v) is 9.44. The number of primary amides is 1. The first-order chi connectivity index (χ1) is 7.34. The average molecular weight is 250 g/mol. The van der Waals surface area contributed by atoms with Crippen LogP contribution in [-0.2, 0) is 19.6 Å². The third-order valence-electron chi connectivity index (χ3n) is 2.43. The van der Waals surface area contributed by atoms with E-state index in [1.54, 1.807) is 0 Å². The van der Waals surface area contributed by atoms with Gasteiger partial charge in [0.2, 0.25) is 15.9 Å². The van der Waals surface area contributed by atoms with Gasteiger partial charge in [0, 0.05) is 13.0 Å². The van der Waals surface area contributed by atoms with Crippen molar-refractivity contribution >= 4 is 21.9 Å². The first kappa shape index (κ1) is 12.9. The lowest BCUT2D eigenvalue weighted by Crippen LogP contribution is -2.42. The SMILES string of the molecule is NC(=O)CCC(C(=O)O)N1CCCS1(=O)=O. The van der Waals surface area contributed by atoms with Crippen LogP contribution in [0.1, 0.15) is 19.3 Å². The summed E-state index contributed by atoms with van der Waals surface area (Å²) in [7, 11) is -3.48. The summed E-state index contributed by atoms with van der Waals surface area (Å²) in [6.45, 7) is 0.193. The minimum absolute atomic E-state index is 0.0344. The Morgan fingerprint density at radius 3 is 2.44 bits per heavy atom.